The number of hydrogen-bond acceptors (Lipinski definition) is 7. The minimum Gasteiger partial charge on any atom is -0.388 e. The van der Waals surface area contributed by atoms with E-state index in [0.717, 1.165) is 12.3 Å². The first-order chi connectivity index (χ1) is 9.43. The number of carbonyl (C=O) groups excluding carboxylic acids is 1. The molecule has 0 aromatic carbocycles. The number of pyridine rings is 1. The van der Waals surface area contributed by atoms with Crippen LogP contribution in [0.4, 0.5) is 11.5 Å². The van der Waals surface area contributed by atoms with Crippen LogP contribution in [0.3, 0.4) is 0 Å². The van der Waals surface area contributed by atoms with Crippen molar-refractivity contribution in [2.45, 2.75) is 12.2 Å². The van der Waals surface area contributed by atoms with Crippen LogP contribution >= 0.6 is 0 Å². The first-order valence-electron chi connectivity index (χ1n) is 5.91. The lowest BCUT2D eigenvalue weighted by atomic mass is 10.2. The zero-order chi connectivity index (χ0) is 14.9. The molecule has 2 heterocycles. The molecular formula is C11H14N4O5. The number of aliphatic hydroxyl groups is 2. The molecule has 0 spiro atoms. The Labute approximate surface area is 114 Å². The lowest BCUT2D eigenvalue weighted by Gasteiger charge is -2.16. The van der Waals surface area contributed by atoms with E-state index in [1.807, 2.05) is 0 Å². The van der Waals surface area contributed by atoms with Gasteiger partial charge in [0.05, 0.1) is 22.7 Å². The standard InChI is InChI=1S/C11H14N4O5/c1-12-10-7(2-6(3-13-10)15(19)20)11(18)14-4-8(16)9(17)5-14/h2-3,8-9,16-17H,4-5H2,1H3,(H,12,13). The van der Waals surface area contributed by atoms with Gasteiger partial charge in [0, 0.05) is 26.2 Å². The van der Waals surface area contributed by atoms with E-state index < -0.39 is 23.0 Å². The molecule has 9 heteroatoms. The minimum absolute atomic E-state index is 0.0220. The molecule has 1 amide bonds. The van der Waals surface area contributed by atoms with Gasteiger partial charge in [0.15, 0.2) is 0 Å². The van der Waals surface area contributed by atoms with Crippen molar-refractivity contribution in [3.05, 3.63) is 27.9 Å². The molecule has 1 aromatic heterocycles. The second kappa shape index (κ2) is 5.39. The average Bonchev–Trinajstić information content (AvgIpc) is 2.77. The van der Waals surface area contributed by atoms with Crippen molar-refractivity contribution in [1.29, 1.82) is 0 Å². The van der Waals surface area contributed by atoms with Crippen LogP contribution in [-0.4, -0.2) is 63.3 Å². The van der Waals surface area contributed by atoms with Crippen LogP contribution in [0, 0.1) is 10.1 Å². The van der Waals surface area contributed by atoms with Gasteiger partial charge in [-0.25, -0.2) is 4.98 Å². The van der Waals surface area contributed by atoms with E-state index in [-0.39, 0.29) is 30.2 Å². The molecule has 2 atom stereocenters. The first kappa shape index (κ1) is 14.2. The molecule has 2 unspecified atom stereocenters. The van der Waals surface area contributed by atoms with Gasteiger partial charge < -0.3 is 20.4 Å². The predicted molar refractivity (Wildman–Crippen MR) is 68.4 cm³/mol. The molecule has 1 saturated heterocycles. The van der Waals surface area contributed by atoms with Gasteiger partial charge in [-0.05, 0) is 0 Å². The average molecular weight is 282 g/mol. The van der Waals surface area contributed by atoms with E-state index in [1.165, 1.54) is 4.90 Å². The summed E-state index contributed by atoms with van der Waals surface area (Å²) in [5.41, 5.74) is -0.268. The van der Waals surface area contributed by atoms with E-state index in [4.69, 9.17) is 0 Å². The fraction of sp³-hybridized carbons (Fsp3) is 0.455. The summed E-state index contributed by atoms with van der Waals surface area (Å²) in [5, 5.41) is 32.3. The Kier molecular flexibility index (Phi) is 3.81. The van der Waals surface area contributed by atoms with Crippen LogP contribution in [0.5, 0.6) is 0 Å². The Morgan fingerprint density at radius 1 is 1.50 bits per heavy atom. The number of hydrogen-bond donors (Lipinski definition) is 3. The largest absolute Gasteiger partial charge is 0.388 e. The second-order valence-corrected chi connectivity index (χ2v) is 4.44. The Hall–Kier alpha value is -2.26. The van der Waals surface area contributed by atoms with Gasteiger partial charge in [-0.15, -0.1) is 0 Å². The molecule has 1 aliphatic heterocycles. The summed E-state index contributed by atoms with van der Waals surface area (Å²) in [6.07, 6.45) is -0.969. The highest BCUT2D eigenvalue weighted by molar-refractivity contribution is 5.99. The normalized spacial score (nSPS) is 21.9. The summed E-state index contributed by atoms with van der Waals surface area (Å²) in [5.74, 6) is -0.322. The van der Waals surface area contributed by atoms with E-state index >= 15 is 0 Å². The van der Waals surface area contributed by atoms with Crippen LogP contribution in [0.1, 0.15) is 10.4 Å². The molecule has 9 nitrogen and oxygen atoms in total. The molecule has 0 bridgehead atoms. The van der Waals surface area contributed by atoms with Crippen molar-refractivity contribution in [3.8, 4) is 0 Å². The van der Waals surface area contributed by atoms with Gasteiger partial charge in [0.25, 0.3) is 11.6 Å². The Morgan fingerprint density at radius 3 is 2.60 bits per heavy atom. The molecule has 1 aliphatic rings. The topological polar surface area (TPSA) is 129 Å². The van der Waals surface area contributed by atoms with E-state index in [0.29, 0.717) is 0 Å². The van der Waals surface area contributed by atoms with E-state index in [9.17, 15) is 25.1 Å². The van der Waals surface area contributed by atoms with Crippen LogP contribution in [0.25, 0.3) is 0 Å². The maximum atomic E-state index is 12.3. The molecule has 0 saturated carbocycles. The third kappa shape index (κ3) is 2.53. The van der Waals surface area contributed by atoms with Gasteiger partial charge in [-0.3, -0.25) is 14.9 Å². The zero-order valence-electron chi connectivity index (χ0n) is 10.7. The number of β-amino-alcohol motifs (C(OH)–C–C–N with tert-alkyl or cyclic N) is 2. The summed E-state index contributed by atoms with van der Waals surface area (Å²) in [6, 6.07) is 1.12. The quantitative estimate of drug-likeness (QED) is 0.489. The highest BCUT2D eigenvalue weighted by atomic mass is 16.6. The lowest BCUT2D eigenvalue weighted by Crippen LogP contribution is -2.30. The molecule has 0 aliphatic carbocycles. The molecule has 1 aromatic rings. The summed E-state index contributed by atoms with van der Waals surface area (Å²) in [6.45, 7) is -0.0440. The van der Waals surface area contributed by atoms with E-state index in [2.05, 4.69) is 10.3 Å². The van der Waals surface area contributed by atoms with Crippen LogP contribution in [-0.2, 0) is 0 Å². The summed E-state index contributed by atoms with van der Waals surface area (Å²) < 4.78 is 0. The monoisotopic (exact) mass is 282 g/mol. The number of likely N-dealkylation sites (tertiary alicyclic amines) is 1. The molecule has 1 fully saturated rings. The van der Waals surface area contributed by atoms with Crippen molar-refractivity contribution in [2.24, 2.45) is 0 Å². The molecule has 3 N–H and O–H groups in total. The number of nitrogens with zero attached hydrogens (tertiary/aromatic N) is 3. The highest BCUT2D eigenvalue weighted by Gasteiger charge is 2.34. The Morgan fingerprint density at radius 2 is 2.10 bits per heavy atom. The predicted octanol–water partition coefficient (Wildman–Crippen LogP) is -0.791. The summed E-state index contributed by atoms with van der Waals surface area (Å²) in [7, 11) is 1.54. The summed E-state index contributed by atoms with van der Waals surface area (Å²) >= 11 is 0. The smallest absolute Gasteiger partial charge is 0.288 e. The number of nitrogens with one attached hydrogen (secondary N) is 1. The number of aromatic nitrogens is 1. The number of anilines is 1. The third-order valence-corrected chi connectivity index (χ3v) is 3.10. The summed E-state index contributed by atoms with van der Waals surface area (Å²) in [4.78, 5) is 27.4. The Bertz CT molecular complexity index is 540. The number of amides is 1. The van der Waals surface area contributed by atoms with Crippen LogP contribution < -0.4 is 5.32 Å². The van der Waals surface area contributed by atoms with Crippen LogP contribution in [0.2, 0.25) is 0 Å². The lowest BCUT2D eigenvalue weighted by molar-refractivity contribution is -0.385. The molecule has 2 rings (SSSR count). The minimum atomic E-state index is -1.01. The second-order valence-electron chi connectivity index (χ2n) is 4.44. The molecule has 20 heavy (non-hydrogen) atoms. The molecule has 0 radical (unpaired) electrons. The number of aliphatic hydroxyl groups excluding tert-OH is 2. The van der Waals surface area contributed by atoms with Gasteiger partial charge >= 0.3 is 0 Å². The van der Waals surface area contributed by atoms with Gasteiger partial charge in [0.2, 0.25) is 0 Å². The third-order valence-electron chi connectivity index (χ3n) is 3.10. The molecule has 108 valence electrons. The van der Waals surface area contributed by atoms with Gasteiger partial charge in [0.1, 0.15) is 12.0 Å². The zero-order valence-corrected chi connectivity index (χ0v) is 10.7. The van der Waals surface area contributed by atoms with Gasteiger partial charge in [-0.1, -0.05) is 0 Å². The van der Waals surface area contributed by atoms with Crippen molar-refractivity contribution >= 4 is 17.4 Å². The van der Waals surface area contributed by atoms with Crippen molar-refractivity contribution in [3.63, 3.8) is 0 Å². The Balaban J connectivity index is 2.33. The fourth-order valence-corrected chi connectivity index (χ4v) is 2.02. The van der Waals surface area contributed by atoms with Crippen molar-refractivity contribution in [1.82, 2.24) is 9.88 Å². The maximum Gasteiger partial charge on any atom is 0.288 e. The van der Waals surface area contributed by atoms with Gasteiger partial charge in [-0.2, -0.15) is 0 Å². The van der Waals surface area contributed by atoms with Crippen molar-refractivity contribution in [2.75, 3.05) is 25.5 Å². The van der Waals surface area contributed by atoms with Crippen molar-refractivity contribution < 1.29 is 19.9 Å². The van der Waals surface area contributed by atoms with E-state index in [1.54, 1.807) is 7.05 Å². The van der Waals surface area contributed by atoms with Crippen LogP contribution in [0.15, 0.2) is 12.3 Å². The fourth-order valence-electron chi connectivity index (χ4n) is 2.02. The number of rotatable bonds is 3. The maximum absolute atomic E-state index is 12.3. The SMILES string of the molecule is CNc1ncc([N+](=O)[O-])cc1C(=O)N1CC(O)C(O)C1. The first-order valence-corrected chi connectivity index (χ1v) is 5.91. The number of carbonyl (C=O) groups is 1. The highest BCUT2D eigenvalue weighted by Crippen LogP contribution is 2.22. The molecular weight excluding hydrogens is 268 g/mol. The number of nitro groups is 1.